The molecule has 2 aromatic rings. The van der Waals surface area contributed by atoms with E-state index in [1.165, 1.54) is 22.2 Å². The normalized spacial score (nSPS) is 14.1. The summed E-state index contributed by atoms with van der Waals surface area (Å²) in [6, 6.07) is 2.10. The van der Waals surface area contributed by atoms with Crippen LogP contribution in [0.3, 0.4) is 0 Å². The summed E-state index contributed by atoms with van der Waals surface area (Å²) in [5.41, 5.74) is 6.99. The summed E-state index contributed by atoms with van der Waals surface area (Å²) < 4.78 is 0. The highest BCUT2D eigenvalue weighted by atomic mass is 32.2. The Bertz CT molecular complexity index is 628. The molecule has 0 saturated carbocycles. The highest BCUT2D eigenvalue weighted by Gasteiger charge is 2.21. The van der Waals surface area contributed by atoms with Crippen molar-refractivity contribution in [3.05, 3.63) is 34.3 Å². The number of anilines is 1. The number of fused-ring (bicyclic) bond motifs is 1. The molecule has 1 aliphatic rings. The van der Waals surface area contributed by atoms with Gasteiger partial charge in [0.1, 0.15) is 5.03 Å². The van der Waals surface area contributed by atoms with Crippen LogP contribution in [0.15, 0.2) is 28.9 Å². The second-order valence-corrected chi connectivity index (χ2v) is 6.43. The smallest absolute Gasteiger partial charge is 0.233 e. The van der Waals surface area contributed by atoms with E-state index in [9.17, 15) is 4.79 Å². The fourth-order valence-corrected chi connectivity index (χ4v) is 3.80. The summed E-state index contributed by atoms with van der Waals surface area (Å²) in [7, 11) is 0. The van der Waals surface area contributed by atoms with Gasteiger partial charge in [-0.05, 0) is 23.4 Å². The number of carbonyl (C=O) groups excluding carboxylic acids is 1. The molecule has 0 atom stereocenters. The Balaban J connectivity index is 1.59. The van der Waals surface area contributed by atoms with Crippen molar-refractivity contribution in [1.82, 2.24) is 14.9 Å². The lowest BCUT2D eigenvalue weighted by atomic mass is 10.1. The number of hydrogen-bond acceptors (Lipinski definition) is 6. The summed E-state index contributed by atoms with van der Waals surface area (Å²) in [5, 5.41) is 2.71. The maximum atomic E-state index is 12.2. The van der Waals surface area contributed by atoms with Gasteiger partial charge >= 0.3 is 0 Å². The summed E-state index contributed by atoms with van der Waals surface area (Å²) in [4.78, 5) is 23.6. The lowest BCUT2D eigenvalue weighted by molar-refractivity contribution is -0.129. The third kappa shape index (κ3) is 2.78. The fraction of sp³-hybridized carbons (Fsp3) is 0.308. The molecule has 0 saturated heterocycles. The molecule has 104 valence electrons. The summed E-state index contributed by atoms with van der Waals surface area (Å²) in [6.07, 6.45) is 4.09. The average Bonchev–Trinajstić information content (AvgIpc) is 2.93. The van der Waals surface area contributed by atoms with Crippen LogP contribution in [0.25, 0.3) is 0 Å². The predicted octanol–water partition coefficient (Wildman–Crippen LogP) is 1.80. The number of hydrogen-bond donors (Lipinski definition) is 1. The lowest BCUT2D eigenvalue weighted by Crippen LogP contribution is -2.36. The third-order valence-corrected chi connectivity index (χ3v) is 5.19. The number of rotatable bonds is 3. The molecule has 5 nitrogen and oxygen atoms in total. The molecular formula is C13H14N4OS2. The Hall–Kier alpha value is -1.60. The first-order valence-electron chi connectivity index (χ1n) is 6.26. The molecule has 7 heteroatoms. The van der Waals surface area contributed by atoms with Crippen molar-refractivity contribution in [3.8, 4) is 0 Å². The van der Waals surface area contributed by atoms with Crippen molar-refractivity contribution in [2.24, 2.45) is 0 Å². The highest BCUT2D eigenvalue weighted by molar-refractivity contribution is 8.00. The molecule has 3 rings (SSSR count). The van der Waals surface area contributed by atoms with Gasteiger partial charge in [-0.25, -0.2) is 9.97 Å². The van der Waals surface area contributed by atoms with Gasteiger partial charge in [0.05, 0.1) is 5.75 Å². The van der Waals surface area contributed by atoms with Gasteiger partial charge in [0.25, 0.3) is 0 Å². The number of carbonyl (C=O) groups is 1. The van der Waals surface area contributed by atoms with Gasteiger partial charge < -0.3 is 10.6 Å². The van der Waals surface area contributed by atoms with Gasteiger partial charge in [0.15, 0.2) is 5.82 Å². The zero-order valence-electron chi connectivity index (χ0n) is 10.8. The van der Waals surface area contributed by atoms with E-state index in [2.05, 4.69) is 21.4 Å². The number of amides is 1. The van der Waals surface area contributed by atoms with E-state index in [-0.39, 0.29) is 5.91 Å². The van der Waals surface area contributed by atoms with Crippen LogP contribution in [0.2, 0.25) is 0 Å². The standard InChI is InChI=1S/C13H14N4OS2/c14-12-13(16-4-3-15-12)20-8-11(18)17-5-1-10-9(7-17)2-6-19-10/h2-4,6H,1,5,7-8H2,(H2,14,15). The number of nitrogens with two attached hydrogens (primary N) is 1. The summed E-state index contributed by atoms with van der Waals surface area (Å²) >= 11 is 3.12. The monoisotopic (exact) mass is 306 g/mol. The van der Waals surface area contributed by atoms with E-state index in [1.54, 1.807) is 23.7 Å². The van der Waals surface area contributed by atoms with Gasteiger partial charge in [-0.15, -0.1) is 11.3 Å². The van der Waals surface area contributed by atoms with Crippen LogP contribution in [0, 0.1) is 0 Å². The molecule has 20 heavy (non-hydrogen) atoms. The first kappa shape index (κ1) is 13.4. The van der Waals surface area contributed by atoms with Crippen molar-refractivity contribution < 1.29 is 4.79 Å². The van der Waals surface area contributed by atoms with Gasteiger partial charge in [0.2, 0.25) is 5.91 Å². The first-order valence-corrected chi connectivity index (χ1v) is 8.13. The molecule has 2 N–H and O–H groups in total. The molecular weight excluding hydrogens is 292 g/mol. The predicted molar refractivity (Wildman–Crippen MR) is 80.6 cm³/mol. The fourth-order valence-electron chi connectivity index (χ4n) is 2.13. The van der Waals surface area contributed by atoms with E-state index in [0.717, 1.165) is 13.0 Å². The van der Waals surface area contributed by atoms with Crippen LogP contribution in [-0.2, 0) is 17.8 Å². The minimum Gasteiger partial charge on any atom is -0.381 e. The molecule has 2 aromatic heterocycles. The van der Waals surface area contributed by atoms with Crippen molar-refractivity contribution in [2.75, 3.05) is 18.0 Å². The molecule has 0 radical (unpaired) electrons. The molecule has 0 spiro atoms. The van der Waals surface area contributed by atoms with Crippen molar-refractivity contribution in [1.29, 1.82) is 0 Å². The molecule has 0 fully saturated rings. The molecule has 0 bridgehead atoms. The minimum absolute atomic E-state index is 0.122. The Kier molecular flexibility index (Phi) is 3.88. The third-order valence-electron chi connectivity index (χ3n) is 3.18. The molecule has 3 heterocycles. The number of thiophene rings is 1. The van der Waals surface area contributed by atoms with Crippen LogP contribution >= 0.6 is 23.1 Å². The maximum Gasteiger partial charge on any atom is 0.233 e. The molecule has 1 amide bonds. The quantitative estimate of drug-likeness (QED) is 0.875. The van der Waals surface area contributed by atoms with Crippen LogP contribution in [0.1, 0.15) is 10.4 Å². The number of nitrogens with zero attached hydrogens (tertiary/aromatic N) is 3. The summed E-state index contributed by atoms with van der Waals surface area (Å²) in [5.74, 6) is 0.850. The number of thioether (sulfide) groups is 1. The second kappa shape index (κ2) is 5.80. The Labute approximate surface area is 125 Å². The van der Waals surface area contributed by atoms with Gasteiger partial charge in [-0.3, -0.25) is 4.79 Å². The van der Waals surface area contributed by atoms with Crippen LogP contribution in [-0.4, -0.2) is 33.1 Å². The van der Waals surface area contributed by atoms with E-state index in [4.69, 9.17) is 5.73 Å². The Morgan fingerprint density at radius 3 is 3.15 bits per heavy atom. The molecule has 0 aliphatic carbocycles. The van der Waals surface area contributed by atoms with Crippen molar-refractivity contribution >= 4 is 34.8 Å². The van der Waals surface area contributed by atoms with E-state index < -0.39 is 0 Å². The number of aromatic nitrogens is 2. The zero-order chi connectivity index (χ0) is 13.9. The van der Waals surface area contributed by atoms with Crippen LogP contribution < -0.4 is 5.73 Å². The number of nitrogen functional groups attached to an aromatic ring is 1. The van der Waals surface area contributed by atoms with Crippen molar-refractivity contribution in [2.45, 2.75) is 18.0 Å². The SMILES string of the molecule is Nc1nccnc1SCC(=O)N1CCc2sccc2C1. The highest BCUT2D eigenvalue weighted by Crippen LogP contribution is 2.25. The average molecular weight is 306 g/mol. The Morgan fingerprint density at radius 2 is 2.30 bits per heavy atom. The summed E-state index contributed by atoms with van der Waals surface area (Å²) in [6.45, 7) is 1.51. The largest absolute Gasteiger partial charge is 0.381 e. The lowest BCUT2D eigenvalue weighted by Gasteiger charge is -2.26. The molecule has 0 aromatic carbocycles. The maximum absolute atomic E-state index is 12.2. The van der Waals surface area contributed by atoms with Crippen molar-refractivity contribution in [3.63, 3.8) is 0 Å². The molecule has 1 aliphatic heterocycles. The molecule has 0 unspecified atom stereocenters. The topological polar surface area (TPSA) is 72.1 Å². The van der Waals surface area contributed by atoms with Gasteiger partial charge in [-0.2, -0.15) is 0 Å². The van der Waals surface area contributed by atoms with Crippen LogP contribution in [0.5, 0.6) is 0 Å². The van der Waals surface area contributed by atoms with Gasteiger partial charge in [0, 0.05) is 30.4 Å². The van der Waals surface area contributed by atoms with E-state index in [1.807, 2.05) is 4.90 Å². The minimum atomic E-state index is 0.122. The Morgan fingerprint density at radius 1 is 1.45 bits per heavy atom. The van der Waals surface area contributed by atoms with E-state index >= 15 is 0 Å². The second-order valence-electron chi connectivity index (χ2n) is 4.47. The van der Waals surface area contributed by atoms with E-state index in [0.29, 0.717) is 23.1 Å². The zero-order valence-corrected chi connectivity index (χ0v) is 12.4. The first-order chi connectivity index (χ1) is 9.74. The van der Waals surface area contributed by atoms with Gasteiger partial charge in [-0.1, -0.05) is 11.8 Å². The van der Waals surface area contributed by atoms with Crippen LogP contribution in [0.4, 0.5) is 5.82 Å².